The van der Waals surface area contributed by atoms with Crippen molar-refractivity contribution in [1.82, 2.24) is 14.9 Å². The molecule has 2 aromatic carbocycles. The summed E-state index contributed by atoms with van der Waals surface area (Å²) < 4.78 is 5.31. The summed E-state index contributed by atoms with van der Waals surface area (Å²) in [6, 6.07) is 15.5. The summed E-state index contributed by atoms with van der Waals surface area (Å²) in [5.41, 5.74) is 9.92. The molecule has 7 heteroatoms. The molecule has 0 bridgehead atoms. The van der Waals surface area contributed by atoms with Gasteiger partial charge in [-0.15, -0.1) is 11.8 Å². The van der Waals surface area contributed by atoms with Crippen LogP contribution in [0.1, 0.15) is 10.4 Å². The van der Waals surface area contributed by atoms with E-state index in [1.54, 1.807) is 18.0 Å². The Hall–Kier alpha value is -2.90. The van der Waals surface area contributed by atoms with Crippen LogP contribution in [-0.4, -0.2) is 53.3 Å². The van der Waals surface area contributed by atoms with E-state index in [2.05, 4.69) is 17.1 Å². The second-order valence-electron chi connectivity index (χ2n) is 6.70. The molecule has 148 valence electrons. The minimum Gasteiger partial charge on any atom is -0.382 e. The molecule has 4 rings (SSSR count). The van der Waals surface area contributed by atoms with Gasteiger partial charge in [-0.05, 0) is 30.5 Å². The first-order valence-electron chi connectivity index (χ1n) is 9.40. The number of rotatable bonds is 4. The molecule has 1 aromatic heterocycles. The molecule has 2 heterocycles. The van der Waals surface area contributed by atoms with Gasteiger partial charge in [-0.1, -0.05) is 24.3 Å². The smallest absolute Gasteiger partial charge is 0.254 e. The van der Waals surface area contributed by atoms with Crippen molar-refractivity contribution in [2.24, 2.45) is 0 Å². The normalized spacial score (nSPS) is 14.0. The number of thioether (sulfide) groups is 1. The van der Waals surface area contributed by atoms with Gasteiger partial charge in [-0.25, -0.2) is 9.97 Å². The topological polar surface area (TPSA) is 81.3 Å². The molecule has 6 nitrogen and oxygen atoms in total. The number of ether oxygens (including phenoxy) is 1. The van der Waals surface area contributed by atoms with Crippen molar-refractivity contribution >= 4 is 23.5 Å². The van der Waals surface area contributed by atoms with Crippen LogP contribution in [0.3, 0.4) is 0 Å². The Morgan fingerprint density at radius 3 is 2.34 bits per heavy atom. The minimum atomic E-state index is 0.0153. The molecule has 3 aromatic rings. The number of carbonyl (C=O) groups is 1. The lowest BCUT2D eigenvalue weighted by atomic mass is 10.1. The molecule has 1 amide bonds. The van der Waals surface area contributed by atoms with E-state index >= 15 is 0 Å². The van der Waals surface area contributed by atoms with Crippen molar-refractivity contribution in [1.29, 1.82) is 0 Å². The van der Waals surface area contributed by atoms with Crippen LogP contribution in [0.2, 0.25) is 0 Å². The molecule has 1 aliphatic rings. The van der Waals surface area contributed by atoms with E-state index in [1.165, 1.54) is 4.90 Å². The SMILES string of the molecule is CSc1ccc(-c2cnc(N)c(-c3ccc(C(=O)N4CCOCC4)cc3)n2)cc1. The number of carbonyl (C=O) groups excluding carboxylic acids is 1. The van der Waals surface area contributed by atoms with Crippen LogP contribution in [0, 0.1) is 0 Å². The largest absolute Gasteiger partial charge is 0.382 e. The lowest BCUT2D eigenvalue weighted by Crippen LogP contribution is -2.40. The molecule has 1 aliphatic heterocycles. The zero-order valence-corrected chi connectivity index (χ0v) is 17.0. The fourth-order valence-corrected chi connectivity index (χ4v) is 3.64. The van der Waals surface area contributed by atoms with Gasteiger partial charge >= 0.3 is 0 Å². The summed E-state index contributed by atoms with van der Waals surface area (Å²) in [5.74, 6) is 0.378. The molecule has 29 heavy (non-hydrogen) atoms. The van der Waals surface area contributed by atoms with Crippen LogP contribution < -0.4 is 5.73 Å². The summed E-state index contributed by atoms with van der Waals surface area (Å²) in [4.78, 5) is 24.7. The maximum Gasteiger partial charge on any atom is 0.254 e. The van der Waals surface area contributed by atoms with Gasteiger partial charge in [-0.3, -0.25) is 4.79 Å². The number of anilines is 1. The maximum atomic E-state index is 12.6. The fraction of sp³-hybridized carbons (Fsp3) is 0.227. The summed E-state index contributed by atoms with van der Waals surface area (Å²) in [7, 11) is 0. The highest BCUT2D eigenvalue weighted by Crippen LogP contribution is 2.27. The van der Waals surface area contributed by atoms with Crippen LogP contribution in [0.5, 0.6) is 0 Å². The first-order chi connectivity index (χ1) is 14.2. The molecule has 0 radical (unpaired) electrons. The van der Waals surface area contributed by atoms with Crippen molar-refractivity contribution in [3.8, 4) is 22.5 Å². The Bertz CT molecular complexity index is 1000. The molecule has 1 saturated heterocycles. The Kier molecular flexibility index (Phi) is 5.78. The standard InChI is InChI=1S/C22H22N4O2S/c1-29-18-8-6-15(7-9-18)19-14-24-21(23)20(25-19)16-2-4-17(5-3-16)22(27)26-10-12-28-13-11-26/h2-9,14H,10-13H2,1H3,(H2,23,24). The highest BCUT2D eigenvalue weighted by atomic mass is 32.2. The van der Waals surface area contributed by atoms with Crippen LogP contribution >= 0.6 is 11.8 Å². The highest BCUT2D eigenvalue weighted by molar-refractivity contribution is 7.98. The number of nitrogen functional groups attached to an aromatic ring is 1. The van der Waals surface area contributed by atoms with Crippen molar-refractivity contribution in [2.45, 2.75) is 4.90 Å². The Morgan fingerprint density at radius 1 is 1.03 bits per heavy atom. The maximum absolute atomic E-state index is 12.6. The number of aromatic nitrogens is 2. The predicted octanol–water partition coefficient (Wildman–Crippen LogP) is 3.59. The van der Waals surface area contributed by atoms with Gasteiger partial charge in [-0.2, -0.15) is 0 Å². The summed E-state index contributed by atoms with van der Waals surface area (Å²) >= 11 is 1.70. The summed E-state index contributed by atoms with van der Waals surface area (Å²) in [6.07, 6.45) is 3.73. The second kappa shape index (κ2) is 8.63. The monoisotopic (exact) mass is 406 g/mol. The number of nitrogens with two attached hydrogens (primary N) is 1. The van der Waals surface area contributed by atoms with E-state index in [0.717, 1.165) is 16.8 Å². The van der Waals surface area contributed by atoms with Gasteiger partial charge < -0.3 is 15.4 Å². The van der Waals surface area contributed by atoms with Gasteiger partial charge in [0.05, 0.1) is 25.1 Å². The van der Waals surface area contributed by atoms with E-state index < -0.39 is 0 Å². The van der Waals surface area contributed by atoms with Gasteiger partial charge in [0.15, 0.2) is 0 Å². The van der Waals surface area contributed by atoms with Gasteiger partial charge in [0.1, 0.15) is 11.5 Å². The number of amides is 1. The lowest BCUT2D eigenvalue weighted by molar-refractivity contribution is 0.0303. The highest BCUT2D eigenvalue weighted by Gasteiger charge is 2.18. The van der Waals surface area contributed by atoms with E-state index in [4.69, 9.17) is 15.5 Å². The van der Waals surface area contributed by atoms with E-state index in [1.807, 2.05) is 47.6 Å². The van der Waals surface area contributed by atoms with Gasteiger partial charge in [0, 0.05) is 34.7 Å². The number of hydrogen-bond donors (Lipinski definition) is 1. The van der Waals surface area contributed by atoms with Gasteiger partial charge in [0.25, 0.3) is 5.91 Å². The van der Waals surface area contributed by atoms with Crippen LogP contribution in [0.4, 0.5) is 5.82 Å². The first-order valence-corrected chi connectivity index (χ1v) is 10.6. The Labute approximate surface area is 174 Å². The zero-order chi connectivity index (χ0) is 20.2. The number of morpholine rings is 1. The quantitative estimate of drug-likeness (QED) is 0.667. The molecular weight excluding hydrogens is 384 g/mol. The lowest BCUT2D eigenvalue weighted by Gasteiger charge is -2.26. The Balaban J connectivity index is 1.59. The van der Waals surface area contributed by atoms with E-state index in [-0.39, 0.29) is 5.91 Å². The number of benzene rings is 2. The number of nitrogens with zero attached hydrogens (tertiary/aromatic N) is 3. The molecule has 0 aliphatic carbocycles. The third-order valence-electron chi connectivity index (χ3n) is 4.89. The summed E-state index contributed by atoms with van der Waals surface area (Å²) in [5, 5.41) is 0. The zero-order valence-electron chi connectivity index (χ0n) is 16.2. The predicted molar refractivity (Wildman–Crippen MR) is 116 cm³/mol. The van der Waals surface area contributed by atoms with Crippen LogP contribution in [-0.2, 0) is 4.74 Å². The third-order valence-corrected chi connectivity index (χ3v) is 5.63. The molecule has 1 fully saturated rings. The molecule has 0 spiro atoms. The van der Waals surface area contributed by atoms with Gasteiger partial charge in [0.2, 0.25) is 0 Å². The van der Waals surface area contributed by atoms with Crippen molar-refractivity contribution < 1.29 is 9.53 Å². The fourth-order valence-electron chi connectivity index (χ4n) is 3.23. The number of hydrogen-bond acceptors (Lipinski definition) is 6. The third kappa shape index (κ3) is 4.26. The average Bonchev–Trinajstić information content (AvgIpc) is 2.80. The van der Waals surface area contributed by atoms with Crippen molar-refractivity contribution in [3.63, 3.8) is 0 Å². The average molecular weight is 407 g/mol. The molecule has 0 unspecified atom stereocenters. The second-order valence-corrected chi connectivity index (χ2v) is 7.58. The molecular formula is C22H22N4O2S. The first kappa shape index (κ1) is 19.4. The Morgan fingerprint density at radius 2 is 1.69 bits per heavy atom. The van der Waals surface area contributed by atoms with E-state index in [9.17, 15) is 4.79 Å². The summed E-state index contributed by atoms with van der Waals surface area (Å²) in [6.45, 7) is 2.41. The molecule has 0 saturated carbocycles. The molecule has 0 atom stereocenters. The van der Waals surface area contributed by atoms with Crippen LogP contribution in [0.25, 0.3) is 22.5 Å². The van der Waals surface area contributed by atoms with E-state index in [0.29, 0.717) is 43.4 Å². The van der Waals surface area contributed by atoms with Crippen molar-refractivity contribution in [3.05, 3.63) is 60.3 Å². The molecule has 2 N–H and O–H groups in total. The van der Waals surface area contributed by atoms with Crippen molar-refractivity contribution in [2.75, 3.05) is 38.3 Å². The van der Waals surface area contributed by atoms with Crippen LogP contribution in [0.15, 0.2) is 59.6 Å². The minimum absolute atomic E-state index is 0.0153.